The Bertz CT molecular complexity index is 1880. The van der Waals surface area contributed by atoms with Gasteiger partial charge >= 0.3 is 0 Å². The second kappa shape index (κ2) is 13.3. The first-order chi connectivity index (χ1) is 23.3. The van der Waals surface area contributed by atoms with Gasteiger partial charge in [-0.15, -0.1) is 0 Å². The number of rotatable bonds is 9. The number of imide groups is 1. The van der Waals surface area contributed by atoms with Crippen LogP contribution in [0.2, 0.25) is 0 Å². The van der Waals surface area contributed by atoms with E-state index in [4.69, 9.17) is 4.74 Å². The first kappa shape index (κ1) is 31.6. The number of fused-ring (bicyclic) bond motifs is 3. The summed E-state index contributed by atoms with van der Waals surface area (Å²) >= 11 is 0. The highest BCUT2D eigenvalue weighted by Crippen LogP contribution is 2.50. The quantitative estimate of drug-likeness (QED) is 0.0991. The maximum Gasteiger partial charge on any atom is 0.238 e. The Morgan fingerprint density at radius 3 is 2.19 bits per heavy atom. The number of amides is 2. The smallest absolute Gasteiger partial charge is 0.238 e. The summed E-state index contributed by atoms with van der Waals surface area (Å²) in [5.74, 6) is -1.37. The van der Waals surface area contributed by atoms with Gasteiger partial charge in [-0.1, -0.05) is 54.6 Å². The minimum atomic E-state index is -0.515. The van der Waals surface area contributed by atoms with Gasteiger partial charge in [0.15, 0.2) is 0 Å². The molecule has 4 atom stereocenters. The molecule has 7 rings (SSSR count). The zero-order valence-electron chi connectivity index (χ0n) is 27.2. The van der Waals surface area contributed by atoms with Gasteiger partial charge in [-0.3, -0.25) is 14.5 Å². The Morgan fingerprint density at radius 2 is 1.52 bits per heavy atom. The van der Waals surface area contributed by atoms with Crippen molar-refractivity contribution in [3.63, 3.8) is 0 Å². The Kier molecular flexibility index (Phi) is 8.73. The number of benzene rings is 4. The van der Waals surface area contributed by atoms with E-state index in [2.05, 4.69) is 23.5 Å². The largest absolute Gasteiger partial charge is 0.507 e. The van der Waals surface area contributed by atoms with Crippen molar-refractivity contribution in [1.29, 1.82) is 0 Å². The number of carbonyl (C=O) groups is 2. The molecule has 2 saturated heterocycles. The van der Waals surface area contributed by atoms with Gasteiger partial charge in [-0.2, -0.15) is 0 Å². The Morgan fingerprint density at radius 1 is 0.875 bits per heavy atom. The molecule has 4 aromatic rings. The fraction of sp³-hybridized carbons (Fsp3) is 0.268. The number of phenolic OH excluding ortho intramolecular Hbond substituents is 1. The zero-order valence-corrected chi connectivity index (χ0v) is 27.2. The van der Waals surface area contributed by atoms with Crippen LogP contribution in [0.5, 0.6) is 5.75 Å². The lowest BCUT2D eigenvalue weighted by molar-refractivity contribution is -0.122. The van der Waals surface area contributed by atoms with E-state index in [0.29, 0.717) is 37.3 Å². The van der Waals surface area contributed by atoms with Crippen LogP contribution in [0, 0.1) is 31.6 Å². The number of nitrogens with one attached hydrogen (secondary N) is 1. The second-order valence-corrected chi connectivity index (χ2v) is 13.1. The molecule has 0 spiro atoms. The van der Waals surface area contributed by atoms with E-state index in [1.165, 1.54) is 4.90 Å². The molecule has 0 aromatic heterocycles. The van der Waals surface area contributed by atoms with Gasteiger partial charge in [0, 0.05) is 17.3 Å². The minimum Gasteiger partial charge on any atom is -0.507 e. The number of ether oxygens (including phenoxy) is 1. The van der Waals surface area contributed by atoms with Crippen LogP contribution in [0.3, 0.4) is 0 Å². The minimum absolute atomic E-state index is 0.163. The van der Waals surface area contributed by atoms with Crippen LogP contribution < -0.4 is 10.2 Å². The van der Waals surface area contributed by atoms with Crippen molar-refractivity contribution < 1.29 is 24.5 Å². The topological polar surface area (TPSA) is 99.1 Å². The van der Waals surface area contributed by atoms with Crippen LogP contribution in [-0.2, 0) is 14.3 Å². The van der Waals surface area contributed by atoms with E-state index < -0.39 is 11.8 Å². The lowest BCUT2D eigenvalue weighted by atomic mass is 9.69. The number of aliphatic hydroxyl groups excluding tert-OH is 1. The van der Waals surface area contributed by atoms with Gasteiger partial charge in [0.25, 0.3) is 0 Å². The maximum absolute atomic E-state index is 14.0. The fourth-order valence-corrected chi connectivity index (χ4v) is 7.77. The molecule has 2 heterocycles. The third-order valence-corrected chi connectivity index (χ3v) is 10.1. The van der Waals surface area contributed by atoms with E-state index >= 15 is 0 Å². The van der Waals surface area contributed by atoms with Crippen LogP contribution in [0.4, 0.5) is 17.1 Å². The second-order valence-electron chi connectivity index (χ2n) is 13.1. The van der Waals surface area contributed by atoms with E-state index in [-0.39, 0.29) is 30.4 Å². The first-order valence-electron chi connectivity index (χ1n) is 16.6. The number of hydrogen-bond donors (Lipinski definition) is 3. The van der Waals surface area contributed by atoms with Crippen molar-refractivity contribution in [3.8, 4) is 5.75 Å². The van der Waals surface area contributed by atoms with Gasteiger partial charge in [0.2, 0.25) is 11.8 Å². The summed E-state index contributed by atoms with van der Waals surface area (Å²) in [6.07, 6.45) is 3.64. The Hall–Kier alpha value is -4.98. The highest BCUT2D eigenvalue weighted by atomic mass is 16.5. The van der Waals surface area contributed by atoms with Crippen LogP contribution in [0.15, 0.2) is 108 Å². The maximum atomic E-state index is 14.0. The highest BCUT2D eigenvalue weighted by molar-refractivity contribution is 6.22. The van der Waals surface area contributed by atoms with Crippen LogP contribution in [-0.4, -0.2) is 41.3 Å². The molecule has 7 nitrogen and oxygen atoms in total. The third kappa shape index (κ3) is 5.96. The molecular formula is C41H40N2O5. The molecule has 0 radical (unpaired) electrons. The lowest BCUT2D eigenvalue weighted by Gasteiger charge is -2.31. The first-order valence-corrected chi connectivity index (χ1v) is 16.6. The van der Waals surface area contributed by atoms with Crippen molar-refractivity contribution in [2.24, 2.45) is 17.8 Å². The average Bonchev–Trinajstić information content (AvgIpc) is 3.64. The van der Waals surface area contributed by atoms with Crippen molar-refractivity contribution in [1.82, 2.24) is 0 Å². The third-order valence-electron chi connectivity index (χ3n) is 10.1. The van der Waals surface area contributed by atoms with Crippen molar-refractivity contribution in [2.75, 3.05) is 23.4 Å². The number of para-hydroxylation sites is 1. The molecule has 7 heteroatoms. The predicted molar refractivity (Wildman–Crippen MR) is 189 cm³/mol. The van der Waals surface area contributed by atoms with Gasteiger partial charge in [-0.25, -0.2) is 0 Å². The van der Waals surface area contributed by atoms with Crippen molar-refractivity contribution >= 4 is 40.5 Å². The number of aliphatic hydroxyl groups is 1. The summed E-state index contributed by atoms with van der Waals surface area (Å²) in [5, 5.41) is 24.2. The summed E-state index contributed by atoms with van der Waals surface area (Å²) in [5.41, 5.74) is 9.09. The van der Waals surface area contributed by atoms with Crippen LogP contribution >= 0.6 is 0 Å². The Balaban J connectivity index is 1.11. The van der Waals surface area contributed by atoms with E-state index in [9.17, 15) is 19.8 Å². The molecule has 2 aliphatic heterocycles. The number of allylic oxidation sites excluding steroid dienone is 1. The summed E-state index contributed by atoms with van der Waals surface area (Å²) in [6, 6.07) is 31.4. The highest BCUT2D eigenvalue weighted by Gasteiger charge is 2.57. The predicted octanol–water partition coefficient (Wildman–Crippen LogP) is 7.59. The molecule has 3 N–H and O–H groups in total. The summed E-state index contributed by atoms with van der Waals surface area (Å²) in [4.78, 5) is 29.2. The number of phenols is 1. The molecule has 2 amide bonds. The molecule has 3 aliphatic rings. The molecule has 0 saturated carbocycles. The SMILES string of the molecule is Cc1cc(/C=C(/CC[C@H]2OC[C@H]3C2=C(CO)C[C@H]2C(=O)N(c4ccc(Nc5ccccc5)cc4)C(=O)[C@H]23)c2ccccc2)cc(C)c1O. The van der Waals surface area contributed by atoms with E-state index in [1.54, 1.807) is 0 Å². The van der Waals surface area contributed by atoms with Crippen molar-refractivity contribution in [2.45, 2.75) is 39.2 Å². The summed E-state index contributed by atoms with van der Waals surface area (Å²) < 4.78 is 6.41. The number of hydrogen-bond acceptors (Lipinski definition) is 6. The van der Waals surface area contributed by atoms with Gasteiger partial charge in [0.1, 0.15) is 5.75 Å². The number of nitrogens with zero attached hydrogens (tertiary/aromatic N) is 1. The normalized spacial score (nSPS) is 22.2. The molecule has 244 valence electrons. The molecule has 48 heavy (non-hydrogen) atoms. The van der Waals surface area contributed by atoms with Crippen LogP contribution in [0.1, 0.15) is 41.5 Å². The van der Waals surface area contributed by atoms with Gasteiger partial charge < -0.3 is 20.3 Å². The van der Waals surface area contributed by atoms with Gasteiger partial charge in [-0.05, 0) is 121 Å². The number of aryl methyl sites for hydroxylation is 2. The van der Waals surface area contributed by atoms with E-state index in [0.717, 1.165) is 50.3 Å². The Labute approximate surface area is 281 Å². The van der Waals surface area contributed by atoms with Crippen molar-refractivity contribution in [3.05, 3.63) is 130 Å². The molecule has 4 aromatic carbocycles. The number of anilines is 3. The summed E-state index contributed by atoms with van der Waals surface area (Å²) in [7, 11) is 0. The van der Waals surface area contributed by atoms with Gasteiger partial charge in [0.05, 0.1) is 36.8 Å². The molecule has 0 unspecified atom stereocenters. The fourth-order valence-electron chi connectivity index (χ4n) is 7.77. The standard InChI is InChI=1S/C41H40N2O5/c1-25-19-27(20-26(2)39(25)45)21-29(28-9-5-3-6-10-28)13-18-36-37-30(23-44)22-34-38(35(37)24-48-36)41(47)43(40(34)46)33-16-14-32(15-17-33)42-31-11-7-4-8-12-31/h3-12,14-17,19-21,34-36,38,42,44-45H,13,18,22-24H2,1-2H3/b29-21-/t34-,35+,36-,38-/m1/s1. The molecule has 1 aliphatic carbocycles. The summed E-state index contributed by atoms with van der Waals surface area (Å²) in [6.45, 7) is 3.99. The zero-order chi connectivity index (χ0) is 33.4. The number of aromatic hydroxyl groups is 1. The molecular weight excluding hydrogens is 600 g/mol. The molecule has 0 bridgehead atoms. The lowest BCUT2D eigenvalue weighted by Crippen LogP contribution is -2.35. The number of carbonyl (C=O) groups excluding carboxylic acids is 2. The average molecular weight is 641 g/mol. The monoisotopic (exact) mass is 640 g/mol. The van der Waals surface area contributed by atoms with Crippen LogP contribution in [0.25, 0.3) is 11.6 Å². The molecule has 2 fully saturated rings. The van der Waals surface area contributed by atoms with E-state index in [1.807, 2.05) is 98.8 Å².